The summed E-state index contributed by atoms with van der Waals surface area (Å²) in [6.07, 6.45) is 4.55. The first-order valence-corrected chi connectivity index (χ1v) is 11.7. The third kappa shape index (κ3) is 3.60. The first-order valence-electron chi connectivity index (χ1n) is 11.7. The van der Waals surface area contributed by atoms with E-state index in [0.29, 0.717) is 12.8 Å². The number of fused-ring (bicyclic) bond motifs is 6. The monoisotopic (exact) mass is 472 g/mol. The van der Waals surface area contributed by atoms with Crippen LogP contribution in [0.5, 0.6) is 0 Å². The molecule has 6 nitrogen and oxygen atoms in total. The summed E-state index contributed by atoms with van der Waals surface area (Å²) < 4.78 is 0. The van der Waals surface area contributed by atoms with E-state index in [4.69, 9.17) is 0 Å². The van der Waals surface area contributed by atoms with Crippen LogP contribution in [0.15, 0.2) is 103 Å². The summed E-state index contributed by atoms with van der Waals surface area (Å²) in [5.41, 5.74) is 4.42. The molecular weight excluding hydrogens is 452 g/mol. The van der Waals surface area contributed by atoms with Crippen LogP contribution in [0.3, 0.4) is 0 Å². The van der Waals surface area contributed by atoms with E-state index in [1.807, 2.05) is 18.2 Å². The van der Waals surface area contributed by atoms with E-state index in [-0.39, 0.29) is 21.2 Å². The van der Waals surface area contributed by atoms with Crippen LogP contribution in [0.4, 0.5) is 5.69 Å². The molecule has 0 spiro atoms. The molecule has 6 rings (SSSR count). The number of hydrogen-bond donors (Lipinski definition) is 0. The molecule has 5 aromatic carbocycles. The van der Waals surface area contributed by atoms with Gasteiger partial charge in [-0.15, -0.1) is 0 Å². The second-order valence-electron chi connectivity index (χ2n) is 8.98. The van der Waals surface area contributed by atoms with Gasteiger partial charge in [0.05, 0.1) is 9.85 Å². The number of hydrogen-bond acceptors (Lipinski definition) is 4. The third-order valence-corrected chi connectivity index (χ3v) is 6.98. The number of non-ortho nitro benzene ring substituents is 1. The van der Waals surface area contributed by atoms with Gasteiger partial charge in [-0.1, -0.05) is 54.6 Å². The van der Waals surface area contributed by atoms with Crippen LogP contribution >= 0.6 is 0 Å². The summed E-state index contributed by atoms with van der Waals surface area (Å²) in [7, 11) is 0. The Balaban J connectivity index is 1.53. The zero-order valence-corrected chi connectivity index (χ0v) is 19.2. The van der Waals surface area contributed by atoms with E-state index in [2.05, 4.69) is 48.5 Å². The fourth-order valence-corrected chi connectivity index (χ4v) is 5.13. The quantitative estimate of drug-likeness (QED) is 0.150. The molecule has 0 atom stereocenters. The van der Waals surface area contributed by atoms with Gasteiger partial charge in [0.1, 0.15) is 0 Å². The number of nitrogens with zero attached hydrogens (tertiary/aromatic N) is 2. The third-order valence-electron chi connectivity index (χ3n) is 6.98. The van der Waals surface area contributed by atoms with Gasteiger partial charge in [0.25, 0.3) is 5.69 Å². The zero-order chi connectivity index (χ0) is 24.8. The molecule has 0 saturated heterocycles. The normalized spacial score (nSPS) is 13.6. The van der Waals surface area contributed by atoms with E-state index in [0.717, 1.165) is 54.6 Å². The lowest BCUT2D eigenvalue weighted by Crippen LogP contribution is -2.02. The fraction of sp³-hybridized carbons (Fsp3) is 0.0667. The van der Waals surface area contributed by atoms with Crippen molar-refractivity contribution in [2.24, 2.45) is 0 Å². The van der Waals surface area contributed by atoms with Gasteiger partial charge in [0.15, 0.2) is 0 Å². The Morgan fingerprint density at radius 1 is 0.528 bits per heavy atom. The van der Waals surface area contributed by atoms with E-state index >= 15 is 0 Å². The molecule has 0 aromatic heterocycles. The summed E-state index contributed by atoms with van der Waals surface area (Å²) in [6, 6.07) is 27.7. The highest BCUT2D eigenvalue weighted by Crippen LogP contribution is 2.39. The van der Waals surface area contributed by atoms with Gasteiger partial charge in [-0.2, -0.15) is 0 Å². The van der Waals surface area contributed by atoms with Gasteiger partial charge in [-0.3, -0.25) is 20.2 Å². The Morgan fingerprint density at radius 3 is 1.64 bits per heavy atom. The van der Waals surface area contributed by atoms with Gasteiger partial charge in [0.2, 0.25) is 5.70 Å². The molecule has 0 saturated carbocycles. The Labute approximate surface area is 206 Å². The smallest absolute Gasteiger partial charge is 0.259 e. The predicted octanol–water partition coefficient (Wildman–Crippen LogP) is 8.06. The fourth-order valence-electron chi connectivity index (χ4n) is 5.13. The molecule has 0 radical (unpaired) electrons. The lowest BCUT2D eigenvalue weighted by molar-refractivity contribution is -0.427. The molecule has 0 N–H and O–H groups in total. The van der Waals surface area contributed by atoms with Crippen LogP contribution < -0.4 is 0 Å². The standard InChI is InChI=1S/C30H20N2O4/c33-31(34)23-11-5-19(6-12-23)21-9-15-27-28-16-10-22(20-7-13-24(14-8-20)32(35)36)18-30(28)26-4-2-1-3-25(26)29(27)17-21/h1-7,9-13,15-18H,8,14H2. The Bertz CT molecular complexity index is 1760. The number of rotatable bonds is 4. The van der Waals surface area contributed by atoms with E-state index in [1.165, 1.54) is 12.1 Å². The lowest BCUT2D eigenvalue weighted by Gasteiger charge is -2.15. The molecule has 0 aliphatic heterocycles. The average molecular weight is 473 g/mol. The largest absolute Gasteiger partial charge is 0.269 e. The minimum absolute atomic E-state index is 0.0740. The molecule has 36 heavy (non-hydrogen) atoms. The lowest BCUT2D eigenvalue weighted by atomic mass is 9.89. The van der Waals surface area contributed by atoms with Crippen LogP contribution in [0.25, 0.3) is 49.0 Å². The molecule has 0 unspecified atom stereocenters. The molecular formula is C30H20N2O4. The zero-order valence-electron chi connectivity index (χ0n) is 19.2. The maximum atomic E-state index is 11.1. The maximum Gasteiger partial charge on any atom is 0.269 e. The Kier molecular flexibility index (Phi) is 5.08. The topological polar surface area (TPSA) is 86.3 Å². The molecule has 174 valence electrons. The highest BCUT2D eigenvalue weighted by Gasteiger charge is 2.17. The van der Waals surface area contributed by atoms with Gasteiger partial charge >= 0.3 is 0 Å². The maximum absolute atomic E-state index is 11.1. The summed E-state index contributed by atoms with van der Waals surface area (Å²) in [5, 5.41) is 28.9. The Hall–Kier alpha value is -4.84. The molecule has 0 fully saturated rings. The SMILES string of the molecule is O=[N+]([O-])C1=CC=C(c2ccc3c4ccc(-c5ccc([N+](=O)[O-])cc5)cc4c4ccccc4c3c2)CC1. The molecule has 0 bridgehead atoms. The van der Waals surface area contributed by atoms with Crippen molar-refractivity contribution in [3.8, 4) is 11.1 Å². The van der Waals surface area contributed by atoms with Crippen molar-refractivity contribution in [1.82, 2.24) is 0 Å². The van der Waals surface area contributed by atoms with Crippen LogP contribution in [-0.4, -0.2) is 9.85 Å². The van der Waals surface area contributed by atoms with Crippen molar-refractivity contribution >= 4 is 43.6 Å². The summed E-state index contributed by atoms with van der Waals surface area (Å²) >= 11 is 0. The average Bonchev–Trinajstić information content (AvgIpc) is 2.92. The van der Waals surface area contributed by atoms with E-state index < -0.39 is 0 Å². The minimum atomic E-state index is -0.390. The molecule has 5 aromatic rings. The van der Waals surface area contributed by atoms with E-state index in [9.17, 15) is 20.2 Å². The van der Waals surface area contributed by atoms with E-state index in [1.54, 1.807) is 18.2 Å². The Morgan fingerprint density at radius 2 is 1.08 bits per heavy atom. The van der Waals surface area contributed by atoms with Gasteiger partial charge < -0.3 is 0 Å². The minimum Gasteiger partial charge on any atom is -0.259 e. The number of nitro groups is 2. The highest BCUT2D eigenvalue weighted by molar-refractivity contribution is 6.26. The highest BCUT2D eigenvalue weighted by atomic mass is 16.6. The van der Waals surface area contributed by atoms with Crippen molar-refractivity contribution in [3.05, 3.63) is 129 Å². The first kappa shape index (κ1) is 21.7. The number of benzene rings is 5. The van der Waals surface area contributed by atoms with Gasteiger partial charge in [-0.25, -0.2) is 0 Å². The van der Waals surface area contributed by atoms with Gasteiger partial charge in [-0.05, 0) is 85.3 Å². The van der Waals surface area contributed by atoms with Crippen LogP contribution in [0.1, 0.15) is 18.4 Å². The van der Waals surface area contributed by atoms with Crippen molar-refractivity contribution in [3.63, 3.8) is 0 Å². The summed E-state index contributed by atoms with van der Waals surface area (Å²) in [6.45, 7) is 0. The van der Waals surface area contributed by atoms with Crippen LogP contribution in [-0.2, 0) is 0 Å². The van der Waals surface area contributed by atoms with Gasteiger partial charge in [0, 0.05) is 24.6 Å². The second kappa shape index (κ2) is 8.43. The van der Waals surface area contributed by atoms with Crippen molar-refractivity contribution < 1.29 is 9.85 Å². The van der Waals surface area contributed by atoms with Crippen molar-refractivity contribution in [2.75, 3.05) is 0 Å². The number of allylic oxidation sites excluding steroid dienone is 4. The first-order chi connectivity index (χ1) is 17.5. The molecule has 1 aliphatic carbocycles. The molecule has 0 amide bonds. The second-order valence-corrected chi connectivity index (χ2v) is 8.98. The molecule has 6 heteroatoms. The summed E-state index contributed by atoms with van der Waals surface area (Å²) in [5.74, 6) is 0. The van der Waals surface area contributed by atoms with Crippen LogP contribution in [0.2, 0.25) is 0 Å². The van der Waals surface area contributed by atoms with Crippen molar-refractivity contribution in [1.29, 1.82) is 0 Å². The number of nitro benzene ring substituents is 1. The molecule has 1 aliphatic rings. The predicted molar refractivity (Wildman–Crippen MR) is 143 cm³/mol. The van der Waals surface area contributed by atoms with Crippen molar-refractivity contribution in [2.45, 2.75) is 12.8 Å². The molecule has 0 heterocycles. The van der Waals surface area contributed by atoms with Crippen LogP contribution in [0, 0.1) is 20.2 Å². The summed E-state index contributed by atoms with van der Waals surface area (Å²) in [4.78, 5) is 21.4.